The Morgan fingerprint density at radius 1 is 1.29 bits per heavy atom. The van der Waals surface area contributed by atoms with Crippen LogP contribution in [0.1, 0.15) is 30.9 Å². The molecular weight excluding hydrogens is 294 g/mol. The van der Waals surface area contributed by atoms with E-state index in [4.69, 9.17) is 0 Å². The molecule has 0 aliphatic heterocycles. The molecule has 0 aromatic heterocycles. The van der Waals surface area contributed by atoms with Crippen molar-refractivity contribution in [1.82, 2.24) is 0 Å². The summed E-state index contributed by atoms with van der Waals surface area (Å²) in [4.78, 5) is 11.9. The Morgan fingerprint density at radius 3 is 2.18 bits per heavy atom. The number of hydrogen-bond donors (Lipinski definition) is 1. The average Bonchev–Trinajstić information content (AvgIpc) is 2.91. The van der Waals surface area contributed by atoms with E-state index in [0.29, 0.717) is 0 Å². The molecule has 1 N–H and O–H groups in total. The molecule has 4 heteroatoms. The predicted octanol–water partition coefficient (Wildman–Crippen LogP) is 3.18. The summed E-state index contributed by atoms with van der Waals surface area (Å²) in [6, 6.07) is 2.88. The number of carbonyl (C=O) groups is 1. The second-order valence-electron chi connectivity index (χ2n) is 4.93. The molecule has 89 valence electrons. The molecule has 0 bridgehead atoms. The number of carbonyl (C=O) groups excluding carboxylic acids is 1. The Kier molecular flexibility index (Phi) is 4.48. The van der Waals surface area contributed by atoms with Crippen molar-refractivity contribution in [3.8, 4) is 0 Å². The maximum absolute atomic E-state index is 13.1. The molecule has 1 radical (unpaired) electrons. The van der Waals surface area contributed by atoms with Gasteiger partial charge in [-0.2, -0.15) is 0 Å². The predicted molar refractivity (Wildman–Crippen MR) is 61.8 cm³/mol. The van der Waals surface area contributed by atoms with Gasteiger partial charge in [0.15, 0.2) is 0 Å². The molecule has 1 amide bonds. The van der Waals surface area contributed by atoms with E-state index in [2.05, 4.69) is 5.32 Å². The van der Waals surface area contributed by atoms with Crippen LogP contribution in [0.15, 0.2) is 12.1 Å². The Bertz CT molecular complexity index is 432. The molecule has 17 heavy (non-hydrogen) atoms. The van der Waals surface area contributed by atoms with Crippen molar-refractivity contribution in [3.05, 3.63) is 29.1 Å². The van der Waals surface area contributed by atoms with E-state index in [0.717, 1.165) is 29.7 Å². The van der Waals surface area contributed by atoms with E-state index in [-0.39, 0.29) is 49.8 Å². The first-order valence-corrected chi connectivity index (χ1v) is 5.50. The van der Waals surface area contributed by atoms with Gasteiger partial charge in [0.2, 0.25) is 5.91 Å². The maximum atomic E-state index is 13.1. The summed E-state index contributed by atoms with van der Waals surface area (Å²) >= 11 is 0. The van der Waals surface area contributed by atoms with Crippen molar-refractivity contribution in [2.45, 2.75) is 33.6 Å². The summed E-state index contributed by atoms with van der Waals surface area (Å²) in [6.45, 7) is 5.57. The van der Waals surface area contributed by atoms with Crippen molar-refractivity contribution in [2.24, 2.45) is 5.41 Å². The Morgan fingerprint density at radius 2 is 1.76 bits per heavy atom. The number of aryl methyl sites for hydroxylation is 2. The fourth-order valence-electron chi connectivity index (χ4n) is 1.79. The van der Waals surface area contributed by atoms with Crippen LogP contribution in [0.3, 0.4) is 0 Å². The Labute approximate surface area is 126 Å². The van der Waals surface area contributed by atoms with Crippen molar-refractivity contribution in [2.75, 3.05) is 5.32 Å². The number of hydrogen-bond acceptors (Lipinski definition) is 1. The average molecular weight is 310 g/mol. The van der Waals surface area contributed by atoms with Crippen molar-refractivity contribution < 1.29 is 41.9 Å². The van der Waals surface area contributed by atoms with Crippen LogP contribution in [0.25, 0.3) is 0 Å². The van der Waals surface area contributed by atoms with Gasteiger partial charge < -0.3 is 5.32 Å². The molecule has 1 aromatic rings. The minimum Gasteiger partial charge on any atom is -0.325 e. The molecule has 2 rings (SSSR count). The van der Waals surface area contributed by atoms with E-state index >= 15 is 0 Å². The minimum atomic E-state index is -0.259. The second-order valence-corrected chi connectivity index (χ2v) is 4.93. The molecular formula is C13H16FNOY. The third-order valence-corrected chi connectivity index (χ3v) is 3.28. The summed E-state index contributed by atoms with van der Waals surface area (Å²) in [7, 11) is 0. The molecule has 0 saturated heterocycles. The molecule has 0 unspecified atom stereocenters. The van der Waals surface area contributed by atoms with Gasteiger partial charge in [-0.15, -0.1) is 0 Å². The van der Waals surface area contributed by atoms with E-state index in [1.54, 1.807) is 13.8 Å². The normalized spacial score (nSPS) is 16.0. The van der Waals surface area contributed by atoms with Crippen LogP contribution >= 0.6 is 0 Å². The number of benzene rings is 1. The van der Waals surface area contributed by atoms with E-state index in [1.807, 2.05) is 6.92 Å². The summed E-state index contributed by atoms with van der Waals surface area (Å²) in [5.74, 6) is -0.212. The van der Waals surface area contributed by atoms with Gasteiger partial charge in [-0.3, -0.25) is 4.79 Å². The zero-order valence-electron chi connectivity index (χ0n) is 10.4. The molecule has 0 spiro atoms. The van der Waals surface area contributed by atoms with Crippen LogP contribution in [0.2, 0.25) is 0 Å². The molecule has 1 aliphatic carbocycles. The topological polar surface area (TPSA) is 29.1 Å². The maximum Gasteiger partial charge on any atom is 0.230 e. The first-order chi connectivity index (χ1) is 7.42. The smallest absolute Gasteiger partial charge is 0.230 e. The third-order valence-electron chi connectivity index (χ3n) is 3.28. The summed E-state index contributed by atoms with van der Waals surface area (Å²) in [6.07, 6.45) is 1.89. The number of amides is 1. The summed E-state index contributed by atoms with van der Waals surface area (Å²) in [5, 5.41) is 2.90. The molecule has 0 heterocycles. The molecule has 1 fully saturated rings. The first-order valence-electron chi connectivity index (χ1n) is 5.50. The van der Waals surface area contributed by atoms with Crippen molar-refractivity contribution in [3.63, 3.8) is 0 Å². The van der Waals surface area contributed by atoms with Gasteiger partial charge in [0.1, 0.15) is 5.82 Å². The largest absolute Gasteiger partial charge is 0.325 e. The van der Waals surface area contributed by atoms with Crippen LogP contribution in [0.4, 0.5) is 10.1 Å². The monoisotopic (exact) mass is 310 g/mol. The Hall–Kier alpha value is -0.276. The van der Waals surface area contributed by atoms with Gasteiger partial charge in [-0.05, 0) is 49.9 Å². The zero-order chi connectivity index (χ0) is 11.9. The van der Waals surface area contributed by atoms with Crippen LogP contribution in [0.5, 0.6) is 0 Å². The van der Waals surface area contributed by atoms with Gasteiger partial charge in [-0.1, -0.05) is 6.92 Å². The van der Waals surface area contributed by atoms with E-state index in [9.17, 15) is 9.18 Å². The molecule has 2 nitrogen and oxygen atoms in total. The SMILES string of the molecule is Cc1cc(F)cc(C)c1NC(=O)C1(C)CC1.[Y]. The van der Waals surface area contributed by atoms with Crippen LogP contribution in [0, 0.1) is 25.1 Å². The number of anilines is 1. The van der Waals surface area contributed by atoms with Gasteiger partial charge in [0, 0.05) is 43.8 Å². The van der Waals surface area contributed by atoms with Crippen LogP contribution < -0.4 is 5.32 Å². The standard InChI is InChI=1S/C13H16FNO.Y/c1-8-6-10(14)7-9(2)11(8)15-12(16)13(3)4-5-13;/h6-7H,4-5H2,1-3H3,(H,15,16);. The van der Waals surface area contributed by atoms with E-state index < -0.39 is 0 Å². The molecule has 1 aliphatic rings. The molecule has 1 saturated carbocycles. The van der Waals surface area contributed by atoms with Gasteiger partial charge in [-0.25, -0.2) is 4.39 Å². The van der Waals surface area contributed by atoms with Crippen molar-refractivity contribution >= 4 is 11.6 Å². The van der Waals surface area contributed by atoms with Crippen LogP contribution in [-0.2, 0) is 37.5 Å². The van der Waals surface area contributed by atoms with Gasteiger partial charge in [0.05, 0.1) is 0 Å². The van der Waals surface area contributed by atoms with Gasteiger partial charge >= 0.3 is 0 Å². The fraction of sp³-hybridized carbons (Fsp3) is 0.462. The fourth-order valence-corrected chi connectivity index (χ4v) is 1.79. The number of nitrogens with one attached hydrogen (secondary N) is 1. The minimum absolute atomic E-state index is 0. The van der Waals surface area contributed by atoms with Gasteiger partial charge in [0.25, 0.3) is 0 Å². The quantitative estimate of drug-likeness (QED) is 0.893. The Balaban J connectivity index is 0.00000144. The summed E-state index contributed by atoms with van der Waals surface area (Å²) in [5.41, 5.74) is 2.09. The summed E-state index contributed by atoms with van der Waals surface area (Å²) < 4.78 is 13.1. The third kappa shape index (κ3) is 3.14. The number of halogens is 1. The number of rotatable bonds is 2. The second kappa shape index (κ2) is 5.15. The zero-order valence-corrected chi connectivity index (χ0v) is 13.3. The van der Waals surface area contributed by atoms with E-state index in [1.165, 1.54) is 12.1 Å². The van der Waals surface area contributed by atoms with Crippen molar-refractivity contribution in [1.29, 1.82) is 0 Å². The molecule has 0 atom stereocenters. The first kappa shape index (κ1) is 14.8. The van der Waals surface area contributed by atoms with Crippen LogP contribution in [-0.4, -0.2) is 5.91 Å². The molecule has 1 aromatic carbocycles.